The number of nitrogens with two attached hydrogens (primary N) is 1. The normalized spacial score (nSPS) is 26.0. The molecule has 148 valence electrons. The first-order valence-corrected chi connectivity index (χ1v) is 9.39. The molecule has 1 aromatic carbocycles. The number of nitrogens with zero attached hydrogens (tertiary/aromatic N) is 1. The molecule has 1 fully saturated rings. The van der Waals surface area contributed by atoms with Crippen LogP contribution in [0.4, 0.5) is 4.39 Å². The fourth-order valence-electron chi connectivity index (χ4n) is 4.12. The lowest BCUT2D eigenvalue weighted by molar-refractivity contribution is -0.123. The fourth-order valence-corrected chi connectivity index (χ4v) is 4.12. The maximum absolute atomic E-state index is 14.0. The topological polar surface area (TPSA) is 104 Å². The zero-order valence-electron chi connectivity index (χ0n) is 15.7. The lowest BCUT2D eigenvalue weighted by Gasteiger charge is -2.19. The molecule has 0 saturated carbocycles. The van der Waals surface area contributed by atoms with Crippen molar-refractivity contribution >= 4 is 22.6 Å². The Kier molecular flexibility index (Phi) is 4.56. The van der Waals surface area contributed by atoms with Crippen LogP contribution in [0.1, 0.15) is 36.2 Å². The van der Waals surface area contributed by atoms with Gasteiger partial charge >= 0.3 is 0 Å². The standard InChI is InChI=1S/C20H22FN3O4/c1-3-11-14(24-19(26)16(11)21)8-27-20-15-10(4-5-23-20)7-13(18(22)25)17-12(15)6-9(2)28-17/h4-5,7,9,11,14,16H,3,6,8H2,1-2H3,(H2,22,25)(H,24,26)/t9?,11-,14+,16-/m0/s1. The molecule has 1 aromatic heterocycles. The van der Waals surface area contributed by atoms with Crippen molar-refractivity contribution in [2.75, 3.05) is 6.61 Å². The summed E-state index contributed by atoms with van der Waals surface area (Å²) < 4.78 is 25.8. The maximum Gasteiger partial charge on any atom is 0.255 e. The first kappa shape index (κ1) is 18.5. The van der Waals surface area contributed by atoms with Gasteiger partial charge in [0, 0.05) is 24.1 Å². The van der Waals surface area contributed by atoms with E-state index in [0.29, 0.717) is 30.0 Å². The summed E-state index contributed by atoms with van der Waals surface area (Å²) in [6.45, 7) is 3.87. The Hall–Kier alpha value is -2.90. The number of carbonyl (C=O) groups is 2. The summed E-state index contributed by atoms with van der Waals surface area (Å²) in [7, 11) is 0. The minimum Gasteiger partial charge on any atom is -0.489 e. The third-order valence-corrected chi connectivity index (χ3v) is 5.49. The van der Waals surface area contributed by atoms with Crippen LogP contribution in [0, 0.1) is 5.92 Å². The van der Waals surface area contributed by atoms with E-state index in [1.165, 1.54) is 0 Å². The highest BCUT2D eigenvalue weighted by Crippen LogP contribution is 2.41. The molecule has 2 amide bonds. The first-order valence-electron chi connectivity index (χ1n) is 9.39. The average molecular weight is 387 g/mol. The van der Waals surface area contributed by atoms with Crippen molar-refractivity contribution in [2.24, 2.45) is 11.7 Å². The van der Waals surface area contributed by atoms with Crippen LogP contribution < -0.4 is 20.5 Å². The molecule has 7 nitrogen and oxygen atoms in total. The van der Waals surface area contributed by atoms with Gasteiger partial charge in [0.2, 0.25) is 5.88 Å². The van der Waals surface area contributed by atoms with Crippen molar-refractivity contribution in [1.82, 2.24) is 10.3 Å². The summed E-state index contributed by atoms with van der Waals surface area (Å²) in [5, 5.41) is 4.17. The van der Waals surface area contributed by atoms with E-state index in [9.17, 15) is 14.0 Å². The van der Waals surface area contributed by atoms with Crippen LogP contribution in [0.5, 0.6) is 11.6 Å². The van der Waals surface area contributed by atoms with Gasteiger partial charge in [-0.2, -0.15) is 0 Å². The van der Waals surface area contributed by atoms with Gasteiger partial charge < -0.3 is 20.5 Å². The van der Waals surface area contributed by atoms with Crippen LogP contribution in [0.3, 0.4) is 0 Å². The van der Waals surface area contributed by atoms with Crippen LogP contribution in [0.2, 0.25) is 0 Å². The molecule has 2 aliphatic heterocycles. The first-order chi connectivity index (χ1) is 13.4. The number of aromatic nitrogens is 1. The third-order valence-electron chi connectivity index (χ3n) is 5.49. The van der Waals surface area contributed by atoms with Crippen molar-refractivity contribution in [3.8, 4) is 11.6 Å². The van der Waals surface area contributed by atoms with E-state index < -0.39 is 29.9 Å². The number of primary amides is 1. The van der Waals surface area contributed by atoms with Gasteiger partial charge in [-0.25, -0.2) is 9.37 Å². The highest BCUT2D eigenvalue weighted by Gasteiger charge is 2.42. The van der Waals surface area contributed by atoms with E-state index in [0.717, 1.165) is 16.3 Å². The number of pyridine rings is 1. The van der Waals surface area contributed by atoms with E-state index in [-0.39, 0.29) is 12.7 Å². The molecule has 1 unspecified atom stereocenters. The maximum atomic E-state index is 14.0. The highest BCUT2D eigenvalue weighted by molar-refractivity contribution is 6.04. The minimum absolute atomic E-state index is 0.0994. The number of halogens is 1. The number of nitrogens with one attached hydrogen (secondary N) is 1. The minimum atomic E-state index is -1.52. The lowest BCUT2D eigenvalue weighted by atomic mass is 9.96. The summed E-state index contributed by atoms with van der Waals surface area (Å²) in [5.74, 6) is -0.748. The van der Waals surface area contributed by atoms with E-state index in [2.05, 4.69) is 10.3 Å². The molecular formula is C20H22FN3O4. The summed E-state index contributed by atoms with van der Waals surface area (Å²) in [6, 6.07) is 3.03. The van der Waals surface area contributed by atoms with Gasteiger partial charge in [-0.05, 0) is 30.9 Å². The Bertz CT molecular complexity index is 964. The number of hydrogen-bond acceptors (Lipinski definition) is 5. The van der Waals surface area contributed by atoms with Gasteiger partial charge in [0.1, 0.15) is 18.5 Å². The predicted octanol–water partition coefficient (Wildman–Crippen LogP) is 1.90. The third kappa shape index (κ3) is 2.93. The van der Waals surface area contributed by atoms with E-state index in [1.54, 1.807) is 18.3 Å². The number of rotatable bonds is 5. The van der Waals surface area contributed by atoms with E-state index in [1.807, 2.05) is 13.8 Å². The zero-order chi connectivity index (χ0) is 20.0. The fraction of sp³-hybridized carbons (Fsp3) is 0.450. The molecule has 8 heteroatoms. The average Bonchev–Trinajstić information content (AvgIpc) is 3.18. The summed E-state index contributed by atoms with van der Waals surface area (Å²) in [4.78, 5) is 27.8. The van der Waals surface area contributed by atoms with Crippen molar-refractivity contribution < 1.29 is 23.5 Å². The van der Waals surface area contributed by atoms with Gasteiger partial charge in [0.25, 0.3) is 11.8 Å². The van der Waals surface area contributed by atoms with Crippen molar-refractivity contribution in [2.45, 2.75) is 45.0 Å². The molecular weight excluding hydrogens is 365 g/mol. The van der Waals surface area contributed by atoms with E-state index >= 15 is 0 Å². The highest BCUT2D eigenvalue weighted by atomic mass is 19.1. The van der Waals surface area contributed by atoms with Gasteiger partial charge in [-0.1, -0.05) is 6.92 Å². The van der Waals surface area contributed by atoms with Gasteiger partial charge in [0.05, 0.1) is 17.0 Å². The predicted molar refractivity (Wildman–Crippen MR) is 100 cm³/mol. The molecule has 0 aliphatic carbocycles. The molecule has 28 heavy (non-hydrogen) atoms. The Morgan fingerprint density at radius 3 is 3.00 bits per heavy atom. The van der Waals surface area contributed by atoms with Crippen LogP contribution in [-0.4, -0.2) is 41.7 Å². The summed E-state index contributed by atoms with van der Waals surface area (Å²) in [5.41, 5.74) is 6.68. The van der Waals surface area contributed by atoms with Crippen LogP contribution in [0.25, 0.3) is 10.8 Å². The second-order valence-electron chi connectivity index (χ2n) is 7.34. The Balaban J connectivity index is 1.70. The molecule has 2 aromatic rings. The summed E-state index contributed by atoms with van der Waals surface area (Å²) >= 11 is 0. The number of fused-ring (bicyclic) bond motifs is 3. The van der Waals surface area contributed by atoms with Gasteiger partial charge in [0.15, 0.2) is 6.17 Å². The molecule has 4 rings (SSSR count). The summed E-state index contributed by atoms with van der Waals surface area (Å²) in [6.07, 6.45) is 1.09. The monoisotopic (exact) mass is 387 g/mol. The smallest absolute Gasteiger partial charge is 0.255 e. The SMILES string of the molecule is CC[C@@H]1[C@H](F)C(=O)N[C@@H]1COc1nccc2cc(C(N)=O)c3c(c12)CC(C)O3. The molecule has 3 heterocycles. The molecule has 0 bridgehead atoms. The molecule has 2 aliphatic rings. The molecule has 3 N–H and O–H groups in total. The number of ether oxygens (including phenoxy) is 2. The second kappa shape index (κ2) is 6.92. The van der Waals surface area contributed by atoms with Crippen LogP contribution in [-0.2, 0) is 11.2 Å². The number of hydrogen-bond donors (Lipinski definition) is 2. The molecule has 4 atom stereocenters. The zero-order valence-corrected chi connectivity index (χ0v) is 15.7. The largest absolute Gasteiger partial charge is 0.489 e. The molecule has 0 spiro atoms. The van der Waals surface area contributed by atoms with Gasteiger partial charge in [-0.15, -0.1) is 0 Å². The molecule has 0 radical (unpaired) electrons. The van der Waals surface area contributed by atoms with Crippen LogP contribution >= 0.6 is 0 Å². The Morgan fingerprint density at radius 2 is 2.29 bits per heavy atom. The number of amides is 2. The van der Waals surface area contributed by atoms with Crippen molar-refractivity contribution in [1.29, 1.82) is 0 Å². The Labute approximate surface area is 161 Å². The lowest BCUT2D eigenvalue weighted by Crippen LogP contribution is -2.34. The van der Waals surface area contributed by atoms with E-state index in [4.69, 9.17) is 15.2 Å². The second-order valence-corrected chi connectivity index (χ2v) is 7.34. The van der Waals surface area contributed by atoms with Gasteiger partial charge in [-0.3, -0.25) is 9.59 Å². The Morgan fingerprint density at radius 1 is 1.50 bits per heavy atom. The quantitative estimate of drug-likeness (QED) is 0.816. The number of alkyl halides is 1. The van der Waals surface area contributed by atoms with Crippen molar-refractivity contribution in [3.63, 3.8) is 0 Å². The number of carbonyl (C=O) groups excluding carboxylic acids is 2. The van der Waals surface area contributed by atoms with Crippen LogP contribution in [0.15, 0.2) is 18.3 Å². The molecule has 1 saturated heterocycles. The number of benzene rings is 1. The van der Waals surface area contributed by atoms with Crippen molar-refractivity contribution in [3.05, 3.63) is 29.5 Å².